The van der Waals surface area contributed by atoms with Crippen LogP contribution in [0.15, 0.2) is 29.4 Å². The molecule has 0 bridgehead atoms. The second kappa shape index (κ2) is 6.52. The number of nitrogens with zero attached hydrogens (tertiary/aromatic N) is 1. The number of carbonyl (C=O) groups is 1. The van der Waals surface area contributed by atoms with Gasteiger partial charge in [0.05, 0.1) is 6.61 Å². The summed E-state index contributed by atoms with van der Waals surface area (Å²) in [4.78, 5) is 21.2. The van der Waals surface area contributed by atoms with Gasteiger partial charge in [0.15, 0.2) is 0 Å². The van der Waals surface area contributed by atoms with Gasteiger partial charge in [0.2, 0.25) is 0 Å². The molecule has 0 radical (unpaired) electrons. The van der Waals surface area contributed by atoms with Crippen molar-refractivity contribution in [3.8, 4) is 5.75 Å². The number of benzene rings is 1. The highest BCUT2D eigenvalue weighted by Crippen LogP contribution is 2.17. The molecular formula is C10H11NO5. The summed E-state index contributed by atoms with van der Waals surface area (Å²) < 4.78 is 14.2. The Labute approximate surface area is 92.1 Å². The fourth-order valence-corrected chi connectivity index (χ4v) is 0.909. The van der Waals surface area contributed by atoms with E-state index in [0.717, 1.165) is 0 Å². The molecule has 0 spiro atoms. The van der Waals surface area contributed by atoms with E-state index < -0.39 is 6.16 Å². The minimum Gasteiger partial charge on any atom is -0.432 e. The Morgan fingerprint density at radius 2 is 1.94 bits per heavy atom. The Bertz CT molecular complexity index is 349. The van der Waals surface area contributed by atoms with Crippen molar-refractivity contribution in [2.24, 2.45) is 5.18 Å². The molecule has 0 aromatic heterocycles. The molecule has 0 N–H and O–H groups in total. The predicted octanol–water partition coefficient (Wildman–Crippen LogP) is 2.25. The third-order valence-electron chi connectivity index (χ3n) is 1.65. The van der Waals surface area contributed by atoms with Crippen LogP contribution in [0.4, 0.5) is 10.5 Å². The Morgan fingerprint density at radius 1 is 1.25 bits per heavy atom. The highest BCUT2D eigenvalue weighted by atomic mass is 16.7. The first-order valence-electron chi connectivity index (χ1n) is 4.53. The van der Waals surface area contributed by atoms with Gasteiger partial charge in [-0.2, -0.15) is 0 Å². The second-order valence-electron chi connectivity index (χ2n) is 2.78. The van der Waals surface area contributed by atoms with Crippen LogP contribution in [-0.4, -0.2) is 26.5 Å². The van der Waals surface area contributed by atoms with Crippen LogP contribution in [0, 0.1) is 4.91 Å². The standard InChI is InChI=1S/C10H11NO5/c1-14-6-7-15-10(12)16-9-4-2-8(11-13)3-5-9/h2-5H,6-7H2,1H3. The number of carbonyl (C=O) groups excluding carboxylic acids is 1. The molecule has 0 atom stereocenters. The minimum atomic E-state index is -0.816. The van der Waals surface area contributed by atoms with E-state index in [1.807, 2.05) is 0 Å². The Balaban J connectivity index is 2.40. The van der Waals surface area contributed by atoms with Gasteiger partial charge >= 0.3 is 6.16 Å². The van der Waals surface area contributed by atoms with E-state index in [9.17, 15) is 9.70 Å². The highest BCUT2D eigenvalue weighted by molar-refractivity contribution is 5.64. The smallest absolute Gasteiger partial charge is 0.432 e. The molecule has 0 saturated carbocycles. The van der Waals surface area contributed by atoms with Gasteiger partial charge in [-0.25, -0.2) is 4.79 Å². The van der Waals surface area contributed by atoms with Gasteiger partial charge in [0.25, 0.3) is 0 Å². The zero-order valence-corrected chi connectivity index (χ0v) is 8.71. The SMILES string of the molecule is COCCOC(=O)Oc1ccc(N=O)cc1. The van der Waals surface area contributed by atoms with Crippen LogP contribution < -0.4 is 4.74 Å². The van der Waals surface area contributed by atoms with Crippen molar-refractivity contribution in [2.75, 3.05) is 20.3 Å². The van der Waals surface area contributed by atoms with Crippen LogP contribution in [0.1, 0.15) is 0 Å². The van der Waals surface area contributed by atoms with E-state index in [1.165, 1.54) is 31.4 Å². The van der Waals surface area contributed by atoms with Gasteiger partial charge in [0.1, 0.15) is 18.0 Å². The third kappa shape index (κ3) is 4.05. The fraction of sp³-hybridized carbons (Fsp3) is 0.300. The summed E-state index contributed by atoms with van der Waals surface area (Å²) in [5.74, 6) is 0.287. The molecule has 1 aromatic rings. The van der Waals surface area contributed by atoms with Crippen molar-refractivity contribution in [2.45, 2.75) is 0 Å². The van der Waals surface area contributed by atoms with Gasteiger partial charge < -0.3 is 14.2 Å². The molecule has 0 aliphatic heterocycles. The summed E-state index contributed by atoms with van der Waals surface area (Å²) in [7, 11) is 1.50. The Morgan fingerprint density at radius 3 is 2.50 bits per heavy atom. The first kappa shape index (κ1) is 12.1. The molecule has 0 saturated heterocycles. The largest absolute Gasteiger partial charge is 0.513 e. The van der Waals surface area contributed by atoms with Gasteiger partial charge in [-0.05, 0) is 29.4 Å². The lowest BCUT2D eigenvalue weighted by Crippen LogP contribution is -2.13. The maximum Gasteiger partial charge on any atom is 0.513 e. The fourth-order valence-electron chi connectivity index (χ4n) is 0.909. The molecule has 16 heavy (non-hydrogen) atoms. The Kier molecular flexibility index (Phi) is 4.94. The van der Waals surface area contributed by atoms with Gasteiger partial charge in [-0.1, -0.05) is 0 Å². The molecule has 1 rings (SSSR count). The lowest BCUT2D eigenvalue weighted by Gasteiger charge is -2.04. The third-order valence-corrected chi connectivity index (χ3v) is 1.65. The van der Waals surface area contributed by atoms with E-state index >= 15 is 0 Å². The predicted molar refractivity (Wildman–Crippen MR) is 55.7 cm³/mol. The maximum absolute atomic E-state index is 11.1. The molecule has 0 aliphatic carbocycles. The quantitative estimate of drug-likeness (QED) is 0.332. The van der Waals surface area contributed by atoms with Crippen molar-refractivity contribution in [1.29, 1.82) is 0 Å². The van der Waals surface area contributed by atoms with Crippen molar-refractivity contribution in [3.05, 3.63) is 29.2 Å². The summed E-state index contributed by atoms with van der Waals surface area (Å²) in [5, 5.41) is 2.71. The van der Waals surface area contributed by atoms with Crippen molar-refractivity contribution < 1.29 is 19.0 Å². The average molecular weight is 225 g/mol. The molecular weight excluding hydrogens is 214 g/mol. The van der Waals surface area contributed by atoms with Crippen LogP contribution in [0.5, 0.6) is 5.75 Å². The monoisotopic (exact) mass is 225 g/mol. The molecule has 6 nitrogen and oxygen atoms in total. The topological polar surface area (TPSA) is 74.2 Å². The summed E-state index contributed by atoms with van der Waals surface area (Å²) in [6.45, 7) is 0.437. The zero-order chi connectivity index (χ0) is 11.8. The molecule has 6 heteroatoms. The molecule has 0 amide bonds. The van der Waals surface area contributed by atoms with E-state index in [-0.39, 0.29) is 18.0 Å². The molecule has 1 aromatic carbocycles. The van der Waals surface area contributed by atoms with E-state index in [0.29, 0.717) is 6.61 Å². The van der Waals surface area contributed by atoms with Crippen molar-refractivity contribution in [1.82, 2.24) is 0 Å². The number of methoxy groups -OCH3 is 1. The van der Waals surface area contributed by atoms with Gasteiger partial charge in [-0.15, -0.1) is 4.91 Å². The summed E-state index contributed by atoms with van der Waals surface area (Å²) in [6.07, 6.45) is -0.816. The Hall–Kier alpha value is -1.95. The molecule has 0 fully saturated rings. The second-order valence-corrected chi connectivity index (χ2v) is 2.78. The van der Waals surface area contributed by atoms with E-state index in [1.54, 1.807) is 0 Å². The molecule has 0 unspecified atom stereocenters. The lowest BCUT2D eigenvalue weighted by atomic mass is 10.3. The van der Waals surface area contributed by atoms with Crippen LogP contribution in [-0.2, 0) is 9.47 Å². The lowest BCUT2D eigenvalue weighted by molar-refractivity contribution is 0.0685. The normalized spacial score (nSPS) is 9.56. The summed E-state index contributed by atoms with van der Waals surface area (Å²) in [5.41, 5.74) is 0.264. The number of hydrogen-bond acceptors (Lipinski definition) is 6. The van der Waals surface area contributed by atoms with Crippen LogP contribution >= 0.6 is 0 Å². The number of ether oxygens (including phenoxy) is 3. The van der Waals surface area contributed by atoms with Crippen molar-refractivity contribution in [3.63, 3.8) is 0 Å². The minimum absolute atomic E-state index is 0.128. The maximum atomic E-state index is 11.1. The van der Waals surface area contributed by atoms with Crippen LogP contribution in [0.3, 0.4) is 0 Å². The number of hydrogen-bond donors (Lipinski definition) is 0. The molecule has 0 aliphatic rings. The van der Waals surface area contributed by atoms with Crippen molar-refractivity contribution >= 4 is 11.8 Å². The highest BCUT2D eigenvalue weighted by Gasteiger charge is 2.05. The first-order chi connectivity index (χ1) is 7.76. The van der Waals surface area contributed by atoms with Gasteiger partial charge in [0, 0.05) is 7.11 Å². The van der Waals surface area contributed by atoms with E-state index in [4.69, 9.17) is 9.47 Å². The number of nitroso groups, excluding NO2 is 1. The van der Waals surface area contributed by atoms with Crippen LogP contribution in [0.25, 0.3) is 0 Å². The summed E-state index contributed by atoms with van der Waals surface area (Å²) >= 11 is 0. The van der Waals surface area contributed by atoms with Gasteiger partial charge in [-0.3, -0.25) is 0 Å². The summed E-state index contributed by atoms with van der Waals surface area (Å²) in [6, 6.07) is 5.78. The molecule has 86 valence electrons. The van der Waals surface area contributed by atoms with E-state index in [2.05, 4.69) is 9.91 Å². The molecule has 0 heterocycles. The number of rotatable bonds is 5. The average Bonchev–Trinajstić information content (AvgIpc) is 2.30. The zero-order valence-electron chi connectivity index (χ0n) is 8.71. The first-order valence-corrected chi connectivity index (χ1v) is 4.53. The van der Waals surface area contributed by atoms with Crippen LogP contribution in [0.2, 0.25) is 0 Å².